The molecule has 9 heteroatoms. The number of carbonyl (C=O) groups excluding carboxylic acids is 3. The Hall–Kier alpha value is -3.75. The molecule has 0 unspecified atom stereocenters. The van der Waals surface area contributed by atoms with Crippen LogP contribution in [0.5, 0.6) is 11.5 Å². The van der Waals surface area contributed by atoms with E-state index in [0.717, 1.165) is 5.56 Å². The number of para-hydroxylation sites is 3. The summed E-state index contributed by atoms with van der Waals surface area (Å²) in [6.45, 7) is 2.40. The molecule has 1 aliphatic heterocycles. The lowest BCUT2D eigenvalue weighted by molar-refractivity contribution is -0.128. The van der Waals surface area contributed by atoms with E-state index < -0.39 is 6.04 Å². The van der Waals surface area contributed by atoms with E-state index in [-0.39, 0.29) is 23.9 Å². The van der Waals surface area contributed by atoms with E-state index in [2.05, 4.69) is 16.0 Å². The van der Waals surface area contributed by atoms with Crippen LogP contribution in [0.15, 0.2) is 48.5 Å². The van der Waals surface area contributed by atoms with Gasteiger partial charge in [0.05, 0.1) is 19.9 Å². The van der Waals surface area contributed by atoms with Gasteiger partial charge in [-0.1, -0.05) is 30.3 Å². The van der Waals surface area contributed by atoms with E-state index in [1.54, 1.807) is 31.3 Å². The van der Waals surface area contributed by atoms with Crippen molar-refractivity contribution in [1.29, 1.82) is 0 Å². The summed E-state index contributed by atoms with van der Waals surface area (Å²) in [6, 6.07) is 13.6. The highest BCUT2D eigenvalue weighted by molar-refractivity contribution is 5.91. The van der Waals surface area contributed by atoms with Gasteiger partial charge in [-0.25, -0.2) is 4.79 Å². The third-order valence-corrected chi connectivity index (χ3v) is 5.79. The van der Waals surface area contributed by atoms with Crippen LogP contribution < -0.4 is 25.4 Å². The molecule has 0 spiro atoms. The van der Waals surface area contributed by atoms with Crippen LogP contribution in [-0.4, -0.2) is 62.1 Å². The third kappa shape index (κ3) is 6.63. The lowest BCUT2D eigenvalue weighted by Gasteiger charge is -2.33. The van der Waals surface area contributed by atoms with Crippen molar-refractivity contribution < 1.29 is 23.9 Å². The van der Waals surface area contributed by atoms with Crippen LogP contribution in [0.4, 0.5) is 10.5 Å². The molecule has 0 aliphatic carbocycles. The van der Waals surface area contributed by atoms with Crippen LogP contribution in [0, 0.1) is 0 Å². The Kier molecular flexibility index (Phi) is 8.73. The number of piperidine rings is 1. The Labute approximate surface area is 199 Å². The number of rotatable bonds is 8. The maximum absolute atomic E-state index is 13.0. The lowest BCUT2D eigenvalue weighted by atomic mass is 10.0. The zero-order valence-electron chi connectivity index (χ0n) is 19.8. The topological polar surface area (TPSA) is 109 Å². The molecule has 2 aromatic rings. The van der Waals surface area contributed by atoms with Gasteiger partial charge in [0, 0.05) is 32.5 Å². The molecule has 0 saturated carbocycles. The highest BCUT2D eigenvalue weighted by atomic mass is 16.5. The highest BCUT2D eigenvalue weighted by Crippen LogP contribution is 2.24. The fraction of sp³-hybridized carbons (Fsp3) is 0.400. The van der Waals surface area contributed by atoms with Crippen molar-refractivity contribution in [2.24, 2.45) is 0 Å². The number of ether oxygens (including phenoxy) is 2. The number of hydrogen-bond donors (Lipinski definition) is 3. The van der Waals surface area contributed by atoms with Gasteiger partial charge in [0.25, 0.3) is 0 Å². The SMILES string of the molecule is COc1ccccc1C[C@H](NC(C)=O)C(=O)NC1CCN(C(=O)Nc2ccccc2OC)CC1. The Morgan fingerprint density at radius 2 is 1.59 bits per heavy atom. The van der Waals surface area contributed by atoms with Gasteiger partial charge in [0.1, 0.15) is 17.5 Å². The molecule has 3 N–H and O–H groups in total. The van der Waals surface area contributed by atoms with Crippen LogP contribution in [-0.2, 0) is 16.0 Å². The summed E-state index contributed by atoms with van der Waals surface area (Å²) in [6.07, 6.45) is 1.55. The number of likely N-dealkylation sites (tertiary alicyclic amines) is 1. The monoisotopic (exact) mass is 468 g/mol. The second-order valence-corrected chi connectivity index (χ2v) is 8.17. The summed E-state index contributed by atoms with van der Waals surface area (Å²) in [5, 5.41) is 8.66. The molecule has 34 heavy (non-hydrogen) atoms. The van der Waals surface area contributed by atoms with Crippen molar-refractivity contribution in [2.75, 3.05) is 32.6 Å². The Balaban J connectivity index is 1.55. The first kappa shape index (κ1) is 24.9. The van der Waals surface area contributed by atoms with Gasteiger partial charge in [-0.15, -0.1) is 0 Å². The first-order valence-electron chi connectivity index (χ1n) is 11.3. The van der Waals surface area contributed by atoms with E-state index in [0.29, 0.717) is 49.5 Å². The minimum absolute atomic E-state index is 0.0864. The van der Waals surface area contributed by atoms with Gasteiger partial charge in [-0.2, -0.15) is 0 Å². The molecule has 1 atom stereocenters. The molecule has 1 fully saturated rings. The summed E-state index contributed by atoms with van der Waals surface area (Å²) < 4.78 is 10.7. The van der Waals surface area contributed by atoms with Crippen molar-refractivity contribution in [3.8, 4) is 11.5 Å². The molecular formula is C25H32N4O5. The summed E-state index contributed by atoms with van der Waals surface area (Å²) >= 11 is 0. The molecule has 0 radical (unpaired) electrons. The number of nitrogens with one attached hydrogen (secondary N) is 3. The molecule has 1 aliphatic rings. The van der Waals surface area contributed by atoms with E-state index in [1.807, 2.05) is 36.4 Å². The first-order chi connectivity index (χ1) is 16.4. The van der Waals surface area contributed by atoms with Gasteiger partial charge in [0.2, 0.25) is 11.8 Å². The number of hydrogen-bond acceptors (Lipinski definition) is 5. The lowest BCUT2D eigenvalue weighted by Crippen LogP contribution is -2.53. The summed E-state index contributed by atoms with van der Waals surface area (Å²) in [5.41, 5.74) is 1.45. The zero-order chi connectivity index (χ0) is 24.5. The van der Waals surface area contributed by atoms with Crippen LogP contribution in [0.1, 0.15) is 25.3 Å². The van der Waals surface area contributed by atoms with Gasteiger partial charge >= 0.3 is 6.03 Å². The number of methoxy groups -OCH3 is 2. The largest absolute Gasteiger partial charge is 0.496 e. The number of amides is 4. The number of nitrogens with zero attached hydrogens (tertiary/aromatic N) is 1. The molecule has 1 heterocycles. The third-order valence-electron chi connectivity index (χ3n) is 5.79. The molecular weight excluding hydrogens is 436 g/mol. The number of carbonyl (C=O) groups is 3. The highest BCUT2D eigenvalue weighted by Gasteiger charge is 2.28. The second-order valence-electron chi connectivity index (χ2n) is 8.17. The molecule has 3 rings (SSSR count). The summed E-state index contributed by atoms with van der Waals surface area (Å²) in [5.74, 6) is 0.730. The molecule has 0 bridgehead atoms. The van der Waals surface area contributed by atoms with Crippen molar-refractivity contribution >= 4 is 23.5 Å². The van der Waals surface area contributed by atoms with Crippen LogP contribution in [0.2, 0.25) is 0 Å². The number of anilines is 1. The van der Waals surface area contributed by atoms with Gasteiger partial charge in [-0.05, 0) is 36.6 Å². The molecule has 4 amide bonds. The van der Waals surface area contributed by atoms with Crippen molar-refractivity contribution in [1.82, 2.24) is 15.5 Å². The number of benzene rings is 2. The van der Waals surface area contributed by atoms with Crippen LogP contribution in [0.3, 0.4) is 0 Å². The molecule has 9 nitrogen and oxygen atoms in total. The standard InChI is InChI=1S/C25H32N4O5/c1-17(30)26-21(16-18-8-4-6-10-22(18)33-2)24(31)27-19-12-14-29(15-13-19)25(32)28-20-9-5-7-11-23(20)34-3/h4-11,19,21H,12-16H2,1-3H3,(H,26,30)(H,27,31)(H,28,32)/t21-/m0/s1. The van der Waals surface area contributed by atoms with Gasteiger partial charge < -0.3 is 30.3 Å². The summed E-state index contributed by atoms with van der Waals surface area (Å²) in [4.78, 5) is 39.1. The van der Waals surface area contributed by atoms with Crippen LogP contribution >= 0.6 is 0 Å². The van der Waals surface area contributed by atoms with E-state index in [1.165, 1.54) is 6.92 Å². The molecule has 0 aromatic heterocycles. The van der Waals surface area contributed by atoms with Crippen molar-refractivity contribution in [2.45, 2.75) is 38.3 Å². The van der Waals surface area contributed by atoms with Gasteiger partial charge in [0.15, 0.2) is 0 Å². The van der Waals surface area contributed by atoms with E-state index in [9.17, 15) is 14.4 Å². The fourth-order valence-corrected chi connectivity index (χ4v) is 4.02. The Bertz CT molecular complexity index is 1000. The maximum Gasteiger partial charge on any atom is 0.321 e. The predicted octanol–water partition coefficient (Wildman–Crippen LogP) is 2.56. The normalized spacial score (nSPS) is 14.6. The van der Waals surface area contributed by atoms with Gasteiger partial charge in [-0.3, -0.25) is 9.59 Å². The smallest absolute Gasteiger partial charge is 0.321 e. The minimum Gasteiger partial charge on any atom is -0.496 e. The fourth-order valence-electron chi connectivity index (χ4n) is 4.02. The molecule has 1 saturated heterocycles. The quantitative estimate of drug-likeness (QED) is 0.552. The Morgan fingerprint density at radius 3 is 2.24 bits per heavy atom. The average Bonchev–Trinajstić information content (AvgIpc) is 2.84. The maximum atomic E-state index is 13.0. The molecule has 2 aromatic carbocycles. The summed E-state index contributed by atoms with van der Waals surface area (Å²) in [7, 11) is 3.13. The first-order valence-corrected chi connectivity index (χ1v) is 11.3. The van der Waals surface area contributed by atoms with Crippen molar-refractivity contribution in [3.05, 3.63) is 54.1 Å². The predicted molar refractivity (Wildman–Crippen MR) is 129 cm³/mol. The van der Waals surface area contributed by atoms with Crippen molar-refractivity contribution in [3.63, 3.8) is 0 Å². The number of urea groups is 1. The van der Waals surface area contributed by atoms with E-state index in [4.69, 9.17) is 9.47 Å². The minimum atomic E-state index is -0.722. The van der Waals surface area contributed by atoms with E-state index >= 15 is 0 Å². The second kappa shape index (κ2) is 11.9. The van der Waals surface area contributed by atoms with Crippen LogP contribution in [0.25, 0.3) is 0 Å². The Morgan fingerprint density at radius 1 is 0.971 bits per heavy atom. The zero-order valence-corrected chi connectivity index (χ0v) is 19.8. The molecule has 182 valence electrons. The average molecular weight is 469 g/mol.